The van der Waals surface area contributed by atoms with Crippen molar-refractivity contribution >= 4 is 46.4 Å². The van der Waals surface area contributed by atoms with Crippen LogP contribution in [0.1, 0.15) is 20.7 Å². The Morgan fingerprint density at radius 3 is 1.89 bits per heavy atom. The van der Waals surface area contributed by atoms with Gasteiger partial charge in [-0.25, -0.2) is 0 Å². The number of halogens is 3. The lowest BCUT2D eigenvalue weighted by molar-refractivity contribution is 0.0817. The van der Waals surface area contributed by atoms with Crippen LogP contribution in [0.2, 0.25) is 15.1 Å². The first-order valence-corrected chi connectivity index (χ1v) is 6.42. The Balaban J connectivity index is 2.33. The van der Waals surface area contributed by atoms with Gasteiger partial charge in [0.25, 0.3) is 0 Å². The molecule has 0 amide bonds. The topological polar surface area (TPSA) is 34.1 Å². The normalized spacial score (nSPS) is 10.3. The number of ketones is 2. The van der Waals surface area contributed by atoms with Crippen LogP contribution in [0.3, 0.4) is 0 Å². The van der Waals surface area contributed by atoms with E-state index in [-0.39, 0.29) is 16.1 Å². The summed E-state index contributed by atoms with van der Waals surface area (Å²) in [5.41, 5.74) is 0.395. The second-order valence-corrected chi connectivity index (χ2v) is 5.07. The standard InChI is InChI=1S/C14H7Cl3O2/c15-9-3-1-8(2-4-9)13(18)14(19)11-6-5-10(16)7-12(11)17/h1-7H. The lowest BCUT2D eigenvalue weighted by Crippen LogP contribution is -2.14. The quantitative estimate of drug-likeness (QED) is 0.607. The Kier molecular flexibility index (Phi) is 4.25. The fraction of sp³-hybridized carbons (Fsp3) is 0. The van der Waals surface area contributed by atoms with Crippen molar-refractivity contribution < 1.29 is 9.59 Å². The Bertz CT molecular complexity index is 648. The minimum absolute atomic E-state index is 0.131. The zero-order chi connectivity index (χ0) is 14.0. The first kappa shape index (κ1) is 14.1. The maximum Gasteiger partial charge on any atom is 0.235 e. The lowest BCUT2D eigenvalue weighted by Gasteiger charge is -2.03. The van der Waals surface area contributed by atoms with E-state index in [0.717, 1.165) is 0 Å². The maximum atomic E-state index is 12.1. The largest absolute Gasteiger partial charge is 0.285 e. The number of benzene rings is 2. The summed E-state index contributed by atoms with van der Waals surface area (Å²) in [5, 5.41) is 1.05. The summed E-state index contributed by atoms with van der Waals surface area (Å²) in [6.45, 7) is 0. The van der Waals surface area contributed by atoms with Gasteiger partial charge in [-0.1, -0.05) is 34.8 Å². The molecular weight excluding hydrogens is 307 g/mol. The van der Waals surface area contributed by atoms with Crippen LogP contribution < -0.4 is 0 Å². The molecule has 19 heavy (non-hydrogen) atoms. The van der Waals surface area contributed by atoms with Gasteiger partial charge in [0.1, 0.15) is 0 Å². The fourth-order valence-corrected chi connectivity index (χ4v) is 2.15. The Labute approximate surface area is 124 Å². The number of Topliss-reactive ketones (excluding diaryl/α,β-unsaturated/α-hetero) is 2. The highest BCUT2D eigenvalue weighted by Crippen LogP contribution is 2.22. The van der Waals surface area contributed by atoms with Gasteiger partial charge in [0.15, 0.2) is 0 Å². The molecule has 5 heteroatoms. The summed E-state index contributed by atoms with van der Waals surface area (Å²) in [5.74, 6) is -1.31. The molecule has 0 bridgehead atoms. The summed E-state index contributed by atoms with van der Waals surface area (Å²) in [4.78, 5) is 24.1. The third kappa shape index (κ3) is 3.16. The van der Waals surface area contributed by atoms with Crippen LogP contribution in [-0.4, -0.2) is 11.6 Å². The van der Waals surface area contributed by atoms with Crippen molar-refractivity contribution in [2.24, 2.45) is 0 Å². The van der Waals surface area contributed by atoms with E-state index in [1.807, 2.05) is 0 Å². The smallest absolute Gasteiger partial charge is 0.235 e. The van der Waals surface area contributed by atoms with E-state index in [9.17, 15) is 9.59 Å². The van der Waals surface area contributed by atoms with Crippen molar-refractivity contribution in [3.05, 3.63) is 68.7 Å². The van der Waals surface area contributed by atoms with Gasteiger partial charge in [-0.15, -0.1) is 0 Å². The third-order valence-electron chi connectivity index (χ3n) is 2.49. The first-order chi connectivity index (χ1) is 8.99. The molecule has 96 valence electrons. The molecule has 0 aromatic heterocycles. The molecule has 2 aromatic rings. The number of hydrogen-bond acceptors (Lipinski definition) is 2. The first-order valence-electron chi connectivity index (χ1n) is 5.28. The average molecular weight is 314 g/mol. The van der Waals surface area contributed by atoms with Crippen molar-refractivity contribution in [1.29, 1.82) is 0 Å². The number of hydrogen-bond donors (Lipinski definition) is 0. The average Bonchev–Trinajstić information content (AvgIpc) is 2.38. The lowest BCUT2D eigenvalue weighted by atomic mass is 10.0. The van der Waals surface area contributed by atoms with E-state index >= 15 is 0 Å². The van der Waals surface area contributed by atoms with Gasteiger partial charge in [0.2, 0.25) is 11.6 Å². The van der Waals surface area contributed by atoms with Crippen molar-refractivity contribution in [2.75, 3.05) is 0 Å². The molecule has 0 fully saturated rings. The summed E-state index contributed by atoms with van der Waals surface area (Å²) in [6.07, 6.45) is 0. The highest BCUT2D eigenvalue weighted by Gasteiger charge is 2.20. The Hall–Kier alpha value is -1.35. The third-order valence-corrected chi connectivity index (χ3v) is 3.29. The highest BCUT2D eigenvalue weighted by molar-refractivity contribution is 6.52. The second-order valence-electron chi connectivity index (χ2n) is 3.79. The molecule has 0 N–H and O–H groups in total. The van der Waals surface area contributed by atoms with E-state index in [1.54, 1.807) is 12.1 Å². The number of carbonyl (C=O) groups is 2. The van der Waals surface area contributed by atoms with Crippen LogP contribution >= 0.6 is 34.8 Å². The van der Waals surface area contributed by atoms with Crippen molar-refractivity contribution in [3.63, 3.8) is 0 Å². The van der Waals surface area contributed by atoms with Gasteiger partial charge < -0.3 is 0 Å². The van der Waals surface area contributed by atoms with Crippen molar-refractivity contribution in [1.82, 2.24) is 0 Å². The zero-order valence-electron chi connectivity index (χ0n) is 9.49. The summed E-state index contributed by atoms with van der Waals surface area (Å²) in [7, 11) is 0. The van der Waals surface area contributed by atoms with Crippen LogP contribution in [-0.2, 0) is 0 Å². The summed E-state index contributed by atoms with van der Waals surface area (Å²) >= 11 is 17.4. The number of rotatable bonds is 3. The van der Waals surface area contributed by atoms with Gasteiger partial charge in [-0.2, -0.15) is 0 Å². The Morgan fingerprint density at radius 1 is 0.737 bits per heavy atom. The predicted molar refractivity (Wildman–Crippen MR) is 76.6 cm³/mol. The van der Waals surface area contributed by atoms with Crippen LogP contribution in [0.4, 0.5) is 0 Å². The van der Waals surface area contributed by atoms with Crippen LogP contribution in [0.5, 0.6) is 0 Å². The van der Waals surface area contributed by atoms with Gasteiger partial charge >= 0.3 is 0 Å². The molecule has 0 aliphatic rings. The fourth-order valence-electron chi connectivity index (χ4n) is 1.53. The molecule has 0 atom stereocenters. The molecule has 0 unspecified atom stereocenters. The molecule has 2 aromatic carbocycles. The van der Waals surface area contributed by atoms with E-state index in [1.165, 1.54) is 30.3 Å². The minimum Gasteiger partial charge on any atom is -0.285 e. The van der Waals surface area contributed by atoms with Crippen molar-refractivity contribution in [3.8, 4) is 0 Å². The molecule has 0 aliphatic heterocycles. The number of carbonyl (C=O) groups excluding carboxylic acids is 2. The van der Waals surface area contributed by atoms with Gasteiger partial charge in [-0.05, 0) is 42.5 Å². The second kappa shape index (κ2) is 5.74. The van der Waals surface area contributed by atoms with E-state index in [2.05, 4.69) is 0 Å². The Morgan fingerprint density at radius 2 is 1.32 bits per heavy atom. The van der Waals surface area contributed by atoms with E-state index < -0.39 is 11.6 Å². The molecule has 0 radical (unpaired) electrons. The highest BCUT2D eigenvalue weighted by atomic mass is 35.5. The van der Waals surface area contributed by atoms with E-state index in [4.69, 9.17) is 34.8 Å². The molecule has 0 heterocycles. The van der Waals surface area contributed by atoms with Crippen LogP contribution in [0, 0.1) is 0 Å². The van der Waals surface area contributed by atoms with Gasteiger partial charge in [0.05, 0.1) is 5.02 Å². The monoisotopic (exact) mass is 312 g/mol. The molecule has 0 saturated heterocycles. The van der Waals surface area contributed by atoms with Crippen molar-refractivity contribution in [2.45, 2.75) is 0 Å². The molecule has 2 rings (SSSR count). The van der Waals surface area contributed by atoms with Crippen LogP contribution in [0.15, 0.2) is 42.5 Å². The predicted octanol–water partition coefficient (Wildman–Crippen LogP) is 4.71. The SMILES string of the molecule is O=C(C(=O)c1ccc(Cl)cc1Cl)c1ccc(Cl)cc1. The van der Waals surface area contributed by atoms with Crippen LogP contribution in [0.25, 0.3) is 0 Å². The maximum absolute atomic E-state index is 12.1. The summed E-state index contributed by atoms with van der Waals surface area (Å²) in [6, 6.07) is 10.4. The zero-order valence-corrected chi connectivity index (χ0v) is 11.8. The van der Waals surface area contributed by atoms with E-state index in [0.29, 0.717) is 10.0 Å². The molecule has 0 aliphatic carbocycles. The molecular formula is C14H7Cl3O2. The summed E-state index contributed by atoms with van der Waals surface area (Å²) < 4.78 is 0. The molecule has 0 spiro atoms. The minimum atomic E-state index is -0.677. The van der Waals surface area contributed by atoms with Gasteiger partial charge in [-0.3, -0.25) is 9.59 Å². The van der Waals surface area contributed by atoms with Gasteiger partial charge in [0, 0.05) is 21.2 Å². The molecule has 2 nitrogen and oxygen atoms in total. The molecule has 0 saturated carbocycles.